The number of carbonyl (C=O) groups is 2. The van der Waals surface area contributed by atoms with Crippen molar-refractivity contribution in [3.05, 3.63) is 54.2 Å². The first kappa shape index (κ1) is 20.1. The molecular weight excluding hydrogens is 380 g/mol. The smallest absolute Gasteiger partial charge is 0.254 e. The van der Waals surface area contributed by atoms with Gasteiger partial charge in [0.05, 0.1) is 0 Å². The van der Waals surface area contributed by atoms with E-state index in [0.29, 0.717) is 36.1 Å². The van der Waals surface area contributed by atoms with Crippen molar-refractivity contribution in [2.24, 2.45) is 5.92 Å². The summed E-state index contributed by atoms with van der Waals surface area (Å²) in [5, 5.41) is 5.92. The minimum atomic E-state index is -0.431. The highest BCUT2D eigenvalue weighted by Crippen LogP contribution is 2.29. The second-order valence-electron chi connectivity index (χ2n) is 7.91. The molecule has 0 saturated carbocycles. The van der Waals surface area contributed by atoms with Crippen molar-refractivity contribution in [1.82, 2.24) is 14.7 Å². The van der Waals surface area contributed by atoms with Crippen molar-refractivity contribution in [1.29, 1.82) is 0 Å². The number of hydrogen-bond acceptors (Lipinski definition) is 4. The Bertz CT molecular complexity index is 1050. The largest absolute Gasteiger partial charge is 0.368 e. The lowest BCUT2D eigenvalue weighted by molar-refractivity contribution is -0.124. The molecule has 1 aliphatic rings. The number of ether oxygens (including phenoxy) is 1. The lowest BCUT2D eigenvalue weighted by Crippen LogP contribution is -2.27. The zero-order valence-electron chi connectivity index (χ0n) is 17.2. The van der Waals surface area contributed by atoms with Crippen LogP contribution in [-0.4, -0.2) is 40.5 Å². The van der Waals surface area contributed by atoms with Gasteiger partial charge in [0, 0.05) is 30.5 Å². The number of anilines is 1. The van der Waals surface area contributed by atoms with E-state index in [2.05, 4.69) is 24.5 Å². The molecule has 0 aliphatic carbocycles. The van der Waals surface area contributed by atoms with Crippen LogP contribution in [-0.2, 0) is 9.53 Å². The van der Waals surface area contributed by atoms with E-state index in [9.17, 15) is 9.59 Å². The molecule has 1 aromatic carbocycles. The Hall–Kier alpha value is -3.19. The number of rotatable bonds is 6. The summed E-state index contributed by atoms with van der Waals surface area (Å²) in [4.78, 5) is 29.7. The van der Waals surface area contributed by atoms with Crippen LogP contribution in [0.15, 0.2) is 48.7 Å². The number of imidazole rings is 1. The van der Waals surface area contributed by atoms with Crippen LogP contribution >= 0.6 is 0 Å². The molecule has 3 aromatic rings. The molecular formula is C23H26N4O3. The minimum absolute atomic E-state index is 0.0999. The average Bonchev–Trinajstić information content (AvgIpc) is 3.41. The molecule has 30 heavy (non-hydrogen) atoms. The van der Waals surface area contributed by atoms with Gasteiger partial charge in [0.1, 0.15) is 23.3 Å². The Kier molecular flexibility index (Phi) is 5.81. The molecule has 1 unspecified atom stereocenters. The van der Waals surface area contributed by atoms with Gasteiger partial charge >= 0.3 is 0 Å². The number of hydrogen-bond donors (Lipinski definition) is 2. The van der Waals surface area contributed by atoms with Crippen molar-refractivity contribution in [3.63, 3.8) is 0 Å². The fourth-order valence-corrected chi connectivity index (χ4v) is 3.48. The molecule has 1 atom stereocenters. The monoisotopic (exact) mass is 406 g/mol. The summed E-state index contributed by atoms with van der Waals surface area (Å²) in [6.45, 7) is 5.35. The minimum Gasteiger partial charge on any atom is -0.368 e. The van der Waals surface area contributed by atoms with Crippen LogP contribution in [0.3, 0.4) is 0 Å². The first-order valence-electron chi connectivity index (χ1n) is 10.3. The Morgan fingerprint density at radius 3 is 2.70 bits per heavy atom. The van der Waals surface area contributed by atoms with Gasteiger partial charge in [-0.05, 0) is 43.0 Å². The quantitative estimate of drug-likeness (QED) is 0.656. The summed E-state index contributed by atoms with van der Waals surface area (Å²) in [5.74, 6) is 0.727. The number of carbonyl (C=O) groups excluding carboxylic acids is 2. The van der Waals surface area contributed by atoms with Gasteiger partial charge in [0.15, 0.2) is 0 Å². The number of benzene rings is 1. The Balaban J connectivity index is 1.63. The molecule has 0 bridgehead atoms. The van der Waals surface area contributed by atoms with Crippen molar-refractivity contribution in [2.75, 3.05) is 18.5 Å². The predicted molar refractivity (Wildman–Crippen MR) is 115 cm³/mol. The second-order valence-corrected chi connectivity index (χ2v) is 7.91. The average molecular weight is 406 g/mol. The van der Waals surface area contributed by atoms with E-state index in [0.717, 1.165) is 24.1 Å². The third kappa shape index (κ3) is 4.21. The standard InChI is InChI=1S/C23H26N4O3/c1-15(2)14-24-22(28)17-10-8-16(9-11-17)20-21(26-23(29)18-6-5-13-30-18)27-12-4-3-7-19(27)25-20/h3-4,7-12,15,18H,5-6,13-14H2,1-2H3,(H,24,28)(H,26,29). The first-order valence-corrected chi connectivity index (χ1v) is 10.3. The molecule has 2 amide bonds. The topological polar surface area (TPSA) is 84.7 Å². The van der Waals surface area contributed by atoms with Crippen LogP contribution in [0.25, 0.3) is 16.9 Å². The van der Waals surface area contributed by atoms with E-state index >= 15 is 0 Å². The fraction of sp³-hybridized carbons (Fsp3) is 0.348. The third-order valence-corrected chi connectivity index (χ3v) is 5.09. The van der Waals surface area contributed by atoms with E-state index in [1.165, 1.54) is 0 Å². The summed E-state index contributed by atoms with van der Waals surface area (Å²) in [6, 6.07) is 12.9. The Labute approximate surface area is 175 Å². The Morgan fingerprint density at radius 1 is 1.20 bits per heavy atom. The summed E-state index contributed by atoms with van der Waals surface area (Å²) >= 11 is 0. The Morgan fingerprint density at radius 2 is 2.00 bits per heavy atom. The number of amides is 2. The molecule has 1 fully saturated rings. The number of nitrogens with one attached hydrogen (secondary N) is 2. The highest BCUT2D eigenvalue weighted by atomic mass is 16.5. The van der Waals surface area contributed by atoms with Gasteiger partial charge in [-0.1, -0.05) is 32.0 Å². The number of aromatic nitrogens is 2. The summed E-state index contributed by atoms with van der Waals surface area (Å²) in [6.07, 6.45) is 3.04. The second kappa shape index (κ2) is 8.67. The van der Waals surface area contributed by atoms with Crippen molar-refractivity contribution in [3.8, 4) is 11.3 Å². The summed E-state index contributed by atoms with van der Waals surface area (Å²) in [5.41, 5.74) is 2.80. The molecule has 1 aliphatic heterocycles. The van der Waals surface area contributed by atoms with Gasteiger partial charge in [0.25, 0.3) is 11.8 Å². The highest BCUT2D eigenvalue weighted by molar-refractivity contribution is 5.98. The lowest BCUT2D eigenvalue weighted by atomic mass is 10.1. The van der Waals surface area contributed by atoms with Crippen LogP contribution in [0.4, 0.5) is 5.82 Å². The van der Waals surface area contributed by atoms with Crippen LogP contribution in [0.1, 0.15) is 37.0 Å². The summed E-state index contributed by atoms with van der Waals surface area (Å²) in [7, 11) is 0. The number of pyridine rings is 1. The maximum atomic E-state index is 12.7. The van der Waals surface area contributed by atoms with Crippen LogP contribution in [0, 0.1) is 5.92 Å². The maximum Gasteiger partial charge on any atom is 0.254 e. The molecule has 0 spiro atoms. The zero-order valence-corrected chi connectivity index (χ0v) is 17.2. The van der Waals surface area contributed by atoms with Crippen LogP contribution in [0.5, 0.6) is 0 Å². The van der Waals surface area contributed by atoms with Gasteiger partial charge in [-0.2, -0.15) is 0 Å². The molecule has 1 saturated heterocycles. The predicted octanol–water partition coefficient (Wildman–Crippen LogP) is 3.50. The summed E-state index contributed by atoms with van der Waals surface area (Å²) < 4.78 is 7.37. The molecule has 3 heterocycles. The van der Waals surface area contributed by atoms with Crippen molar-refractivity contribution >= 4 is 23.3 Å². The van der Waals surface area contributed by atoms with Crippen molar-refractivity contribution in [2.45, 2.75) is 32.8 Å². The maximum absolute atomic E-state index is 12.7. The van der Waals surface area contributed by atoms with E-state index < -0.39 is 6.10 Å². The van der Waals surface area contributed by atoms with E-state index in [-0.39, 0.29) is 11.8 Å². The van der Waals surface area contributed by atoms with Gasteiger partial charge in [-0.3, -0.25) is 14.0 Å². The number of nitrogens with zero attached hydrogens (tertiary/aromatic N) is 2. The zero-order chi connectivity index (χ0) is 21.1. The van der Waals surface area contributed by atoms with E-state index in [1.807, 2.05) is 40.9 Å². The molecule has 2 N–H and O–H groups in total. The van der Waals surface area contributed by atoms with Crippen LogP contribution in [0.2, 0.25) is 0 Å². The molecule has 0 radical (unpaired) electrons. The van der Waals surface area contributed by atoms with Gasteiger partial charge in [0.2, 0.25) is 0 Å². The van der Waals surface area contributed by atoms with E-state index in [1.54, 1.807) is 12.1 Å². The van der Waals surface area contributed by atoms with Gasteiger partial charge in [-0.15, -0.1) is 0 Å². The molecule has 156 valence electrons. The lowest BCUT2D eigenvalue weighted by Gasteiger charge is -2.12. The third-order valence-electron chi connectivity index (χ3n) is 5.09. The molecule has 7 heteroatoms. The molecule has 4 rings (SSSR count). The SMILES string of the molecule is CC(C)CNC(=O)c1ccc(-c2nc3ccccn3c2NC(=O)C2CCCO2)cc1. The van der Waals surface area contributed by atoms with Crippen LogP contribution < -0.4 is 10.6 Å². The van der Waals surface area contributed by atoms with Gasteiger partial charge < -0.3 is 15.4 Å². The molecule has 2 aromatic heterocycles. The first-order chi connectivity index (χ1) is 14.5. The van der Waals surface area contributed by atoms with E-state index in [4.69, 9.17) is 9.72 Å². The normalized spacial score (nSPS) is 16.2. The van der Waals surface area contributed by atoms with Gasteiger partial charge in [-0.25, -0.2) is 4.98 Å². The fourth-order valence-electron chi connectivity index (χ4n) is 3.48. The number of fused-ring (bicyclic) bond motifs is 1. The molecule has 7 nitrogen and oxygen atoms in total. The highest BCUT2D eigenvalue weighted by Gasteiger charge is 2.26. The van der Waals surface area contributed by atoms with Crippen molar-refractivity contribution < 1.29 is 14.3 Å².